The molecule has 0 radical (unpaired) electrons. The summed E-state index contributed by atoms with van der Waals surface area (Å²) in [7, 11) is 3.12. The van der Waals surface area contributed by atoms with Gasteiger partial charge in [-0.1, -0.05) is 30.3 Å². The number of benzene rings is 2. The van der Waals surface area contributed by atoms with E-state index in [0.717, 1.165) is 16.8 Å². The molecule has 0 saturated heterocycles. The summed E-state index contributed by atoms with van der Waals surface area (Å²) in [6.07, 6.45) is -0.0371. The second-order valence-corrected chi connectivity index (χ2v) is 6.35. The fourth-order valence-electron chi connectivity index (χ4n) is 3.20. The topological polar surface area (TPSA) is 91.3 Å². The van der Waals surface area contributed by atoms with Gasteiger partial charge in [0.05, 0.1) is 26.0 Å². The molecule has 0 saturated carbocycles. The van der Waals surface area contributed by atoms with Gasteiger partial charge in [-0.3, -0.25) is 4.79 Å². The highest BCUT2D eigenvalue weighted by atomic mass is 16.5. The molecule has 28 heavy (non-hydrogen) atoms. The van der Waals surface area contributed by atoms with Gasteiger partial charge < -0.3 is 19.4 Å². The summed E-state index contributed by atoms with van der Waals surface area (Å²) in [6, 6.07) is 14.6. The molecule has 3 rings (SSSR count). The van der Waals surface area contributed by atoms with E-state index in [1.165, 1.54) is 5.01 Å². The number of methoxy groups -OCH3 is 2. The zero-order valence-electron chi connectivity index (χ0n) is 15.8. The molecule has 2 aromatic carbocycles. The van der Waals surface area contributed by atoms with Crippen LogP contribution in [-0.2, 0) is 9.59 Å². The molecule has 0 bridgehead atoms. The molecule has 0 fully saturated rings. The van der Waals surface area contributed by atoms with Gasteiger partial charge in [0.15, 0.2) is 0 Å². The zero-order valence-corrected chi connectivity index (χ0v) is 15.8. The van der Waals surface area contributed by atoms with Gasteiger partial charge in [-0.2, -0.15) is 5.10 Å². The molecule has 0 aromatic heterocycles. The van der Waals surface area contributed by atoms with Crippen LogP contribution in [0.1, 0.15) is 36.4 Å². The number of nitrogens with zero attached hydrogens (tertiary/aromatic N) is 2. The minimum absolute atomic E-state index is 0.178. The molecule has 0 aliphatic carbocycles. The lowest BCUT2D eigenvalue weighted by atomic mass is 9.97. The Labute approximate surface area is 163 Å². The number of carboxylic acids is 1. The van der Waals surface area contributed by atoms with Crippen molar-refractivity contribution in [1.29, 1.82) is 0 Å². The van der Waals surface area contributed by atoms with Crippen molar-refractivity contribution >= 4 is 17.6 Å². The Morgan fingerprint density at radius 2 is 1.86 bits per heavy atom. The van der Waals surface area contributed by atoms with Crippen LogP contribution in [0.25, 0.3) is 0 Å². The summed E-state index contributed by atoms with van der Waals surface area (Å²) in [5.74, 6) is -0.430. The van der Waals surface area contributed by atoms with Crippen LogP contribution in [0.4, 0.5) is 0 Å². The summed E-state index contributed by atoms with van der Waals surface area (Å²) < 4.78 is 10.7. The van der Waals surface area contributed by atoms with Gasteiger partial charge in [-0.05, 0) is 24.1 Å². The van der Waals surface area contributed by atoms with Gasteiger partial charge in [-0.15, -0.1) is 0 Å². The first-order valence-corrected chi connectivity index (χ1v) is 8.90. The predicted octanol–water partition coefficient (Wildman–Crippen LogP) is 1.91. The molecule has 2 aromatic rings. The van der Waals surface area contributed by atoms with Crippen molar-refractivity contribution in [1.82, 2.24) is 5.01 Å². The van der Waals surface area contributed by atoms with Gasteiger partial charge in [0.1, 0.15) is 11.5 Å². The number of hydrogen-bond donors (Lipinski definition) is 0. The first-order valence-electron chi connectivity index (χ1n) is 8.90. The second-order valence-electron chi connectivity index (χ2n) is 6.35. The van der Waals surface area contributed by atoms with Gasteiger partial charge in [0, 0.05) is 30.4 Å². The van der Waals surface area contributed by atoms with E-state index in [1.807, 2.05) is 36.4 Å². The minimum atomic E-state index is -1.27. The summed E-state index contributed by atoms with van der Waals surface area (Å²) in [5, 5.41) is 16.6. The summed E-state index contributed by atoms with van der Waals surface area (Å²) >= 11 is 0. The Balaban J connectivity index is 1.96. The maximum absolute atomic E-state index is 12.7. The second kappa shape index (κ2) is 8.56. The lowest BCUT2D eigenvalue weighted by Crippen LogP contribution is -2.30. The Bertz CT molecular complexity index is 895. The zero-order chi connectivity index (χ0) is 20.1. The van der Waals surface area contributed by atoms with E-state index < -0.39 is 12.0 Å². The smallest absolute Gasteiger partial charge is 0.243 e. The van der Waals surface area contributed by atoms with Crippen LogP contribution in [0.5, 0.6) is 11.5 Å². The van der Waals surface area contributed by atoms with Crippen molar-refractivity contribution in [3.05, 3.63) is 59.7 Å². The van der Waals surface area contributed by atoms with Gasteiger partial charge in [0.2, 0.25) is 5.91 Å². The summed E-state index contributed by atoms with van der Waals surface area (Å²) in [5.41, 5.74) is 2.44. The number of hydrogen-bond acceptors (Lipinski definition) is 6. The van der Waals surface area contributed by atoms with Crippen LogP contribution in [0, 0.1) is 0 Å². The molecule has 0 N–H and O–H groups in total. The SMILES string of the molecule is COc1ccc([C@H]2CC(c3ccccc3)=NN2C(=O)CCC(=O)[O-])c(OC)c1. The third kappa shape index (κ3) is 4.14. The molecule has 1 amide bonds. The third-order valence-corrected chi connectivity index (χ3v) is 4.62. The molecule has 1 atom stereocenters. The third-order valence-electron chi connectivity index (χ3n) is 4.62. The number of ether oxygens (including phenoxy) is 2. The largest absolute Gasteiger partial charge is 0.550 e. The number of carbonyl (C=O) groups is 2. The van der Waals surface area contributed by atoms with Crippen molar-refractivity contribution in [3.8, 4) is 11.5 Å². The lowest BCUT2D eigenvalue weighted by Gasteiger charge is -2.24. The van der Waals surface area contributed by atoms with Crippen LogP contribution in [0.3, 0.4) is 0 Å². The fraction of sp³-hybridized carbons (Fsp3) is 0.286. The first kappa shape index (κ1) is 19.4. The molecule has 7 heteroatoms. The van der Waals surface area contributed by atoms with Crippen LogP contribution in [0.2, 0.25) is 0 Å². The molecule has 1 aliphatic heterocycles. The Morgan fingerprint density at radius 1 is 1.11 bits per heavy atom. The van der Waals surface area contributed by atoms with E-state index >= 15 is 0 Å². The summed E-state index contributed by atoms with van der Waals surface area (Å²) in [6.45, 7) is 0. The first-order chi connectivity index (χ1) is 13.5. The quantitative estimate of drug-likeness (QED) is 0.731. The molecule has 1 heterocycles. The monoisotopic (exact) mass is 381 g/mol. The average molecular weight is 381 g/mol. The fourth-order valence-corrected chi connectivity index (χ4v) is 3.20. The number of carboxylic acid groups (broad SMARTS) is 1. The van der Waals surface area contributed by atoms with Crippen molar-refractivity contribution in [3.63, 3.8) is 0 Å². The van der Waals surface area contributed by atoms with E-state index in [4.69, 9.17) is 9.47 Å². The highest BCUT2D eigenvalue weighted by Crippen LogP contribution is 2.39. The van der Waals surface area contributed by atoms with Crippen molar-refractivity contribution in [2.45, 2.75) is 25.3 Å². The van der Waals surface area contributed by atoms with E-state index in [-0.39, 0.29) is 18.7 Å². The van der Waals surface area contributed by atoms with Crippen molar-refractivity contribution in [2.75, 3.05) is 14.2 Å². The maximum atomic E-state index is 12.7. The molecule has 146 valence electrons. The summed E-state index contributed by atoms with van der Waals surface area (Å²) in [4.78, 5) is 23.5. The highest BCUT2D eigenvalue weighted by Gasteiger charge is 2.34. The molecule has 7 nitrogen and oxygen atoms in total. The van der Waals surface area contributed by atoms with Gasteiger partial charge in [0.25, 0.3) is 0 Å². The average Bonchev–Trinajstić information content (AvgIpc) is 3.17. The van der Waals surface area contributed by atoms with Crippen LogP contribution in [0.15, 0.2) is 53.6 Å². The highest BCUT2D eigenvalue weighted by molar-refractivity contribution is 6.03. The number of hydrazone groups is 1. The van der Waals surface area contributed by atoms with E-state index in [1.54, 1.807) is 26.4 Å². The predicted molar refractivity (Wildman–Crippen MR) is 101 cm³/mol. The molecule has 0 unspecified atom stereocenters. The molecular formula is C21H21N2O5-. The Kier molecular flexibility index (Phi) is 5.93. The lowest BCUT2D eigenvalue weighted by molar-refractivity contribution is -0.305. The van der Waals surface area contributed by atoms with Crippen LogP contribution < -0.4 is 14.6 Å². The minimum Gasteiger partial charge on any atom is -0.550 e. The van der Waals surface area contributed by atoms with Crippen LogP contribution >= 0.6 is 0 Å². The van der Waals surface area contributed by atoms with E-state index in [2.05, 4.69) is 5.10 Å². The van der Waals surface area contributed by atoms with Gasteiger partial charge >= 0.3 is 0 Å². The Morgan fingerprint density at radius 3 is 2.50 bits per heavy atom. The van der Waals surface area contributed by atoms with Crippen molar-refractivity contribution in [2.24, 2.45) is 5.10 Å². The number of rotatable bonds is 7. The number of amides is 1. The van der Waals surface area contributed by atoms with Crippen molar-refractivity contribution < 1.29 is 24.2 Å². The number of aliphatic carboxylic acids is 1. The standard InChI is InChI=1S/C21H22N2O5/c1-27-15-8-9-16(19(12-15)28-2)18-13-17(14-6-4-3-5-7-14)22-23(18)20(24)10-11-21(25)26/h3-9,12,18H,10-11,13H2,1-2H3,(H,25,26)/p-1/t18-/m1/s1. The molecular weight excluding hydrogens is 360 g/mol. The van der Waals surface area contributed by atoms with E-state index in [9.17, 15) is 14.7 Å². The van der Waals surface area contributed by atoms with E-state index in [0.29, 0.717) is 17.9 Å². The van der Waals surface area contributed by atoms with Crippen LogP contribution in [-0.4, -0.2) is 36.8 Å². The number of carbonyl (C=O) groups excluding carboxylic acids is 2. The normalized spacial score (nSPS) is 15.9. The van der Waals surface area contributed by atoms with Gasteiger partial charge in [-0.25, -0.2) is 5.01 Å². The Hall–Kier alpha value is -3.35. The molecule has 1 aliphatic rings. The molecule has 0 spiro atoms. The maximum Gasteiger partial charge on any atom is 0.243 e.